The van der Waals surface area contributed by atoms with Gasteiger partial charge in [0.1, 0.15) is 6.04 Å². The summed E-state index contributed by atoms with van der Waals surface area (Å²) in [5.74, 6) is -1.69. The van der Waals surface area contributed by atoms with Crippen LogP contribution in [0.1, 0.15) is 16.8 Å². The van der Waals surface area contributed by atoms with Crippen LogP contribution in [-0.4, -0.2) is 35.2 Å². The largest absolute Gasteiger partial charge is 0.504 e. The van der Waals surface area contributed by atoms with Gasteiger partial charge in [-0.25, -0.2) is 4.79 Å². The van der Waals surface area contributed by atoms with E-state index in [2.05, 4.69) is 11.9 Å². The number of methoxy groups -OCH3 is 1. The highest BCUT2D eigenvalue weighted by atomic mass is 16.5. The van der Waals surface area contributed by atoms with Crippen LogP contribution >= 0.6 is 0 Å². The normalized spacial score (nSPS) is 11.4. The number of nitrogens with one attached hydrogen (secondary N) is 1. The molecule has 6 nitrogen and oxygen atoms in total. The highest BCUT2D eigenvalue weighted by Crippen LogP contribution is 2.26. The Balaban J connectivity index is 2.85. The van der Waals surface area contributed by atoms with Crippen LogP contribution in [-0.2, 0) is 4.79 Å². The summed E-state index contributed by atoms with van der Waals surface area (Å²) in [5.41, 5.74) is 0.147. The second-order valence-corrected chi connectivity index (χ2v) is 3.78. The highest BCUT2D eigenvalue weighted by molar-refractivity contribution is 5.97. The predicted molar refractivity (Wildman–Crippen MR) is 68.4 cm³/mol. The van der Waals surface area contributed by atoms with E-state index in [1.54, 1.807) is 0 Å². The predicted octanol–water partition coefficient (Wildman–Crippen LogP) is 1.16. The lowest BCUT2D eigenvalue weighted by atomic mass is 10.1. The minimum absolute atomic E-state index is 0.114. The molecule has 0 aliphatic rings. The topological polar surface area (TPSA) is 95.9 Å². The number of aliphatic carboxylic acids is 1. The average Bonchev–Trinajstić information content (AvgIpc) is 2.37. The highest BCUT2D eigenvalue weighted by Gasteiger charge is 2.19. The number of rotatable bonds is 6. The lowest BCUT2D eigenvalue weighted by molar-refractivity contribution is -0.139. The number of ether oxygens (including phenoxy) is 1. The molecule has 102 valence electrons. The lowest BCUT2D eigenvalue weighted by Crippen LogP contribution is -2.40. The zero-order chi connectivity index (χ0) is 14.4. The molecule has 19 heavy (non-hydrogen) atoms. The molecule has 0 saturated carbocycles. The van der Waals surface area contributed by atoms with Crippen molar-refractivity contribution in [3.8, 4) is 11.5 Å². The molecule has 0 spiro atoms. The Labute approximate surface area is 110 Å². The minimum atomic E-state index is -1.15. The third kappa shape index (κ3) is 3.74. The minimum Gasteiger partial charge on any atom is -0.504 e. The fraction of sp³-hybridized carbons (Fsp3) is 0.231. The van der Waals surface area contributed by atoms with Gasteiger partial charge >= 0.3 is 5.97 Å². The molecule has 0 aliphatic heterocycles. The van der Waals surface area contributed by atoms with Crippen LogP contribution in [0.5, 0.6) is 11.5 Å². The van der Waals surface area contributed by atoms with E-state index in [9.17, 15) is 14.7 Å². The molecular formula is C13H15NO5. The van der Waals surface area contributed by atoms with E-state index in [0.29, 0.717) is 0 Å². The van der Waals surface area contributed by atoms with Crippen LogP contribution in [0.4, 0.5) is 0 Å². The summed E-state index contributed by atoms with van der Waals surface area (Å²) in [6.07, 6.45) is 1.52. The molecule has 1 amide bonds. The summed E-state index contributed by atoms with van der Waals surface area (Å²) >= 11 is 0. The number of carbonyl (C=O) groups excluding carboxylic acids is 1. The molecule has 0 saturated heterocycles. The van der Waals surface area contributed by atoms with Crippen molar-refractivity contribution in [2.45, 2.75) is 12.5 Å². The Hall–Kier alpha value is -2.50. The van der Waals surface area contributed by atoms with Crippen molar-refractivity contribution in [3.63, 3.8) is 0 Å². The fourth-order valence-corrected chi connectivity index (χ4v) is 1.46. The van der Waals surface area contributed by atoms with Gasteiger partial charge in [0, 0.05) is 5.56 Å². The second kappa shape index (κ2) is 6.44. The third-order valence-electron chi connectivity index (χ3n) is 2.45. The molecular weight excluding hydrogens is 250 g/mol. The molecule has 1 atom stereocenters. The number of phenolic OH excluding ortho intramolecular Hbond substituents is 1. The molecule has 0 radical (unpaired) electrons. The van der Waals surface area contributed by atoms with Crippen molar-refractivity contribution in [1.29, 1.82) is 0 Å². The number of benzene rings is 1. The molecule has 0 aliphatic carbocycles. The summed E-state index contributed by atoms with van der Waals surface area (Å²) in [5, 5.41) is 20.8. The smallest absolute Gasteiger partial charge is 0.326 e. The number of carboxylic acids is 1. The van der Waals surface area contributed by atoms with Crippen LogP contribution in [0, 0.1) is 0 Å². The first-order valence-electron chi connectivity index (χ1n) is 5.51. The Bertz CT molecular complexity index is 498. The Morgan fingerprint density at radius 3 is 2.68 bits per heavy atom. The van der Waals surface area contributed by atoms with Gasteiger partial charge in [0.15, 0.2) is 11.5 Å². The monoisotopic (exact) mass is 265 g/mol. The number of hydrogen-bond donors (Lipinski definition) is 3. The lowest BCUT2D eigenvalue weighted by Gasteiger charge is -2.13. The summed E-state index contributed by atoms with van der Waals surface area (Å²) in [7, 11) is 1.39. The third-order valence-corrected chi connectivity index (χ3v) is 2.45. The van der Waals surface area contributed by atoms with Gasteiger partial charge in [0.2, 0.25) is 0 Å². The standard InChI is InChI=1S/C13H15NO5/c1-3-4-9(13(17)18)14-12(16)8-5-6-11(19-2)10(15)7-8/h3,5-7,9,15H,1,4H2,2H3,(H,14,16)(H,17,18). The molecule has 0 fully saturated rings. The number of hydrogen-bond acceptors (Lipinski definition) is 4. The van der Waals surface area contributed by atoms with Crippen LogP contribution < -0.4 is 10.1 Å². The van der Waals surface area contributed by atoms with E-state index in [1.807, 2.05) is 0 Å². The summed E-state index contributed by atoms with van der Waals surface area (Å²) in [6, 6.07) is 3.02. The van der Waals surface area contributed by atoms with E-state index in [-0.39, 0.29) is 23.5 Å². The van der Waals surface area contributed by atoms with Crippen LogP contribution in [0.25, 0.3) is 0 Å². The second-order valence-electron chi connectivity index (χ2n) is 3.78. The fourth-order valence-electron chi connectivity index (χ4n) is 1.46. The van der Waals surface area contributed by atoms with Crippen molar-refractivity contribution in [1.82, 2.24) is 5.32 Å². The van der Waals surface area contributed by atoms with Gasteiger partial charge in [0.05, 0.1) is 7.11 Å². The zero-order valence-corrected chi connectivity index (χ0v) is 10.4. The van der Waals surface area contributed by atoms with E-state index < -0.39 is 17.9 Å². The molecule has 1 aromatic rings. The molecule has 1 unspecified atom stereocenters. The number of aromatic hydroxyl groups is 1. The number of amides is 1. The molecule has 6 heteroatoms. The van der Waals surface area contributed by atoms with E-state index in [4.69, 9.17) is 9.84 Å². The summed E-state index contributed by atoms with van der Waals surface area (Å²) in [6.45, 7) is 3.43. The van der Waals surface area contributed by atoms with Crippen LogP contribution in [0.2, 0.25) is 0 Å². The maximum atomic E-state index is 11.8. The van der Waals surface area contributed by atoms with E-state index in [0.717, 1.165) is 0 Å². The van der Waals surface area contributed by atoms with Crippen molar-refractivity contribution in [2.75, 3.05) is 7.11 Å². The zero-order valence-electron chi connectivity index (χ0n) is 10.4. The Morgan fingerprint density at radius 2 is 2.21 bits per heavy atom. The first-order chi connectivity index (χ1) is 8.99. The van der Waals surface area contributed by atoms with Gasteiger partial charge in [0.25, 0.3) is 5.91 Å². The quantitative estimate of drug-likeness (QED) is 0.671. The molecule has 3 N–H and O–H groups in total. The maximum absolute atomic E-state index is 11.8. The van der Waals surface area contributed by atoms with E-state index >= 15 is 0 Å². The van der Waals surface area contributed by atoms with Gasteiger partial charge in [-0.1, -0.05) is 6.08 Å². The Morgan fingerprint density at radius 1 is 1.53 bits per heavy atom. The van der Waals surface area contributed by atoms with Gasteiger partial charge in [-0.2, -0.15) is 0 Å². The first kappa shape index (κ1) is 14.6. The van der Waals surface area contributed by atoms with Crippen molar-refractivity contribution >= 4 is 11.9 Å². The number of carbonyl (C=O) groups is 2. The van der Waals surface area contributed by atoms with Crippen LogP contribution in [0.15, 0.2) is 30.9 Å². The van der Waals surface area contributed by atoms with Crippen molar-refractivity contribution < 1.29 is 24.5 Å². The summed E-state index contributed by atoms with van der Waals surface area (Å²) < 4.78 is 4.85. The Kier molecular flexibility index (Phi) is 4.93. The molecule has 1 aromatic carbocycles. The average molecular weight is 265 g/mol. The number of carboxylic acid groups (broad SMARTS) is 1. The van der Waals surface area contributed by atoms with Crippen molar-refractivity contribution in [3.05, 3.63) is 36.4 Å². The molecule has 0 aromatic heterocycles. The molecule has 0 heterocycles. The van der Waals surface area contributed by atoms with Gasteiger partial charge in [-0.05, 0) is 24.6 Å². The maximum Gasteiger partial charge on any atom is 0.326 e. The van der Waals surface area contributed by atoms with E-state index in [1.165, 1.54) is 31.4 Å². The molecule has 1 rings (SSSR count). The van der Waals surface area contributed by atoms with Crippen molar-refractivity contribution in [2.24, 2.45) is 0 Å². The van der Waals surface area contributed by atoms with Crippen LogP contribution in [0.3, 0.4) is 0 Å². The molecule has 0 bridgehead atoms. The van der Waals surface area contributed by atoms with Gasteiger partial charge in [-0.3, -0.25) is 4.79 Å². The van der Waals surface area contributed by atoms with Gasteiger partial charge in [-0.15, -0.1) is 6.58 Å². The SMILES string of the molecule is C=CCC(NC(=O)c1ccc(OC)c(O)c1)C(=O)O. The first-order valence-corrected chi connectivity index (χ1v) is 5.51. The van der Waals surface area contributed by atoms with Gasteiger partial charge < -0.3 is 20.3 Å². The summed E-state index contributed by atoms with van der Waals surface area (Å²) in [4.78, 5) is 22.7. The number of phenols is 1.